The van der Waals surface area contributed by atoms with E-state index in [1.807, 2.05) is 35.1 Å². The molecule has 0 fully saturated rings. The fourth-order valence-corrected chi connectivity index (χ4v) is 6.16. The maximum Gasteiger partial charge on any atom is 0.194 e. The molecule has 0 N–H and O–H groups in total. The van der Waals surface area contributed by atoms with Crippen molar-refractivity contribution in [3.05, 3.63) is 101 Å². The van der Waals surface area contributed by atoms with Gasteiger partial charge >= 0.3 is 0 Å². The summed E-state index contributed by atoms with van der Waals surface area (Å²) in [5.74, 6) is 2.00. The number of hydrogen-bond acceptors (Lipinski definition) is 4. The average Bonchev–Trinajstić information content (AvgIpc) is 3.67. The predicted octanol–water partition coefficient (Wildman–Crippen LogP) is 8.65. The molecule has 3 aromatic carbocycles. The largest absolute Gasteiger partial charge is 0.457 e. The lowest BCUT2D eigenvalue weighted by atomic mass is 9.93. The molecule has 0 atom stereocenters. The lowest BCUT2D eigenvalue weighted by Gasteiger charge is -2.13. The highest BCUT2D eigenvalue weighted by Gasteiger charge is 2.28. The zero-order valence-electron chi connectivity index (χ0n) is 21.8. The molecule has 3 heterocycles. The number of benzene rings is 3. The van der Waals surface area contributed by atoms with Crippen molar-refractivity contribution in [2.45, 2.75) is 39.0 Å². The van der Waals surface area contributed by atoms with Gasteiger partial charge in [-0.1, -0.05) is 64.1 Å². The van der Waals surface area contributed by atoms with Crippen LogP contribution >= 0.6 is 11.3 Å². The second kappa shape index (κ2) is 8.43. The summed E-state index contributed by atoms with van der Waals surface area (Å²) >= 11 is 1.74. The third-order valence-electron chi connectivity index (χ3n) is 7.27. The molecule has 0 radical (unpaired) electrons. The van der Waals surface area contributed by atoms with E-state index in [9.17, 15) is 0 Å². The lowest BCUT2D eigenvalue weighted by molar-refractivity contribution is 0.483. The molecule has 0 amide bonds. The Hall–Kier alpha value is -4.16. The SMILES string of the molecule is CC(C)c1cnc(-n2c3ccccc3c3ccc(Oc4cccc(-n5cc6c(n5)C(C)(C)C=C6)c4)cc32)s1. The van der Waals surface area contributed by atoms with Gasteiger partial charge in [-0.25, -0.2) is 9.67 Å². The van der Waals surface area contributed by atoms with E-state index in [-0.39, 0.29) is 5.41 Å². The molecule has 0 saturated heterocycles. The zero-order valence-corrected chi connectivity index (χ0v) is 22.7. The highest BCUT2D eigenvalue weighted by Crippen LogP contribution is 2.38. The first-order valence-corrected chi connectivity index (χ1v) is 13.8. The summed E-state index contributed by atoms with van der Waals surface area (Å²) in [6.07, 6.45) is 8.45. The van der Waals surface area contributed by atoms with Gasteiger partial charge in [-0.2, -0.15) is 5.10 Å². The van der Waals surface area contributed by atoms with Crippen LogP contribution in [-0.2, 0) is 5.41 Å². The molecule has 6 heteroatoms. The summed E-state index contributed by atoms with van der Waals surface area (Å²) in [5, 5.41) is 8.25. The summed E-state index contributed by atoms with van der Waals surface area (Å²) in [5.41, 5.74) is 5.43. The van der Waals surface area contributed by atoms with Crippen LogP contribution < -0.4 is 4.74 Å². The molecule has 6 aromatic rings. The zero-order chi connectivity index (χ0) is 26.0. The Bertz CT molecular complexity index is 1870. The number of fused-ring (bicyclic) bond motifs is 4. The van der Waals surface area contributed by atoms with Gasteiger partial charge < -0.3 is 4.74 Å². The van der Waals surface area contributed by atoms with Gasteiger partial charge in [0, 0.05) is 51.2 Å². The van der Waals surface area contributed by atoms with Crippen LogP contribution in [0.2, 0.25) is 0 Å². The summed E-state index contributed by atoms with van der Waals surface area (Å²) in [7, 11) is 0. The molecule has 0 bridgehead atoms. The number of nitrogens with zero attached hydrogens (tertiary/aromatic N) is 4. The molecule has 1 aliphatic rings. The van der Waals surface area contributed by atoms with Gasteiger partial charge in [-0.05, 0) is 36.2 Å². The molecule has 188 valence electrons. The first kappa shape index (κ1) is 23.0. The summed E-state index contributed by atoms with van der Waals surface area (Å²) < 4.78 is 10.6. The minimum absolute atomic E-state index is 0.0457. The highest BCUT2D eigenvalue weighted by atomic mass is 32.1. The standard InChI is InChI=1S/C32H28N4OS/c1-20(2)29-18-33-31(38-29)36-27-11-6-5-10-25(27)26-13-12-24(17-28(26)36)37-23-9-7-8-22(16-23)35-19-21-14-15-32(3,4)30(21)34-35/h5-20H,1-4H3. The van der Waals surface area contributed by atoms with Crippen molar-refractivity contribution in [3.8, 4) is 22.3 Å². The van der Waals surface area contributed by atoms with Crippen molar-refractivity contribution in [1.82, 2.24) is 19.3 Å². The van der Waals surface area contributed by atoms with Gasteiger partial charge in [-0.3, -0.25) is 4.57 Å². The number of hydrogen-bond donors (Lipinski definition) is 0. The maximum absolute atomic E-state index is 6.41. The van der Waals surface area contributed by atoms with Gasteiger partial charge in [0.2, 0.25) is 0 Å². The molecule has 0 unspecified atom stereocenters. The van der Waals surface area contributed by atoms with E-state index in [1.165, 1.54) is 21.2 Å². The Morgan fingerprint density at radius 2 is 1.71 bits per heavy atom. The minimum Gasteiger partial charge on any atom is -0.457 e. The van der Waals surface area contributed by atoms with Gasteiger partial charge in [-0.15, -0.1) is 11.3 Å². The van der Waals surface area contributed by atoms with Crippen LogP contribution in [0, 0.1) is 0 Å². The van der Waals surface area contributed by atoms with Gasteiger partial charge in [0.1, 0.15) is 11.5 Å². The molecule has 3 aromatic heterocycles. The van der Waals surface area contributed by atoms with Crippen LogP contribution in [0.3, 0.4) is 0 Å². The number of rotatable bonds is 5. The van der Waals surface area contributed by atoms with Crippen LogP contribution in [0.25, 0.3) is 38.7 Å². The molecule has 38 heavy (non-hydrogen) atoms. The van der Waals surface area contributed by atoms with Crippen molar-refractivity contribution in [2.24, 2.45) is 0 Å². The average molecular weight is 517 g/mol. The topological polar surface area (TPSA) is 44.9 Å². The summed E-state index contributed by atoms with van der Waals surface area (Å²) in [6, 6.07) is 22.9. The van der Waals surface area contributed by atoms with Gasteiger partial charge in [0.15, 0.2) is 5.13 Å². The number of thiazole rings is 1. The van der Waals surface area contributed by atoms with E-state index in [4.69, 9.17) is 14.8 Å². The molecular weight excluding hydrogens is 488 g/mol. The van der Waals surface area contributed by atoms with Crippen molar-refractivity contribution >= 4 is 39.2 Å². The Labute approximate surface area is 225 Å². The molecule has 0 aliphatic heterocycles. The van der Waals surface area contributed by atoms with E-state index in [0.29, 0.717) is 5.92 Å². The van der Waals surface area contributed by atoms with E-state index in [2.05, 4.69) is 93.1 Å². The van der Waals surface area contributed by atoms with Crippen molar-refractivity contribution in [2.75, 3.05) is 0 Å². The third kappa shape index (κ3) is 3.67. The predicted molar refractivity (Wildman–Crippen MR) is 156 cm³/mol. The number of aromatic nitrogens is 4. The molecule has 5 nitrogen and oxygen atoms in total. The first-order valence-electron chi connectivity index (χ1n) is 12.9. The molecule has 7 rings (SSSR count). The maximum atomic E-state index is 6.41. The monoisotopic (exact) mass is 516 g/mol. The van der Waals surface area contributed by atoms with Crippen LogP contribution in [0.15, 0.2) is 85.2 Å². The van der Waals surface area contributed by atoms with Crippen LogP contribution in [-0.4, -0.2) is 19.3 Å². The van der Waals surface area contributed by atoms with E-state index >= 15 is 0 Å². The number of para-hydroxylation sites is 1. The second-order valence-corrected chi connectivity index (χ2v) is 11.8. The fraction of sp³-hybridized carbons (Fsp3) is 0.188. The highest BCUT2D eigenvalue weighted by molar-refractivity contribution is 7.14. The molecule has 0 spiro atoms. The molecular formula is C32H28N4OS. The Morgan fingerprint density at radius 3 is 2.53 bits per heavy atom. The Balaban J connectivity index is 1.28. The smallest absolute Gasteiger partial charge is 0.194 e. The van der Waals surface area contributed by atoms with E-state index in [0.717, 1.165) is 39.0 Å². The summed E-state index contributed by atoms with van der Waals surface area (Å²) in [4.78, 5) is 6.07. The summed E-state index contributed by atoms with van der Waals surface area (Å²) in [6.45, 7) is 8.80. The second-order valence-electron chi connectivity index (χ2n) is 10.8. The molecule has 0 saturated carbocycles. The van der Waals surface area contributed by atoms with Gasteiger partial charge in [0.25, 0.3) is 0 Å². The quantitative estimate of drug-likeness (QED) is 0.230. The normalized spacial score (nSPS) is 14.1. The number of allylic oxidation sites excluding steroid dienone is 1. The van der Waals surface area contributed by atoms with Gasteiger partial charge in [0.05, 0.1) is 22.4 Å². The fourth-order valence-electron chi connectivity index (χ4n) is 5.21. The van der Waals surface area contributed by atoms with Crippen molar-refractivity contribution in [1.29, 1.82) is 0 Å². The van der Waals surface area contributed by atoms with Crippen molar-refractivity contribution in [3.63, 3.8) is 0 Å². The minimum atomic E-state index is -0.0457. The van der Waals surface area contributed by atoms with Crippen LogP contribution in [0.1, 0.15) is 49.7 Å². The van der Waals surface area contributed by atoms with E-state index in [1.54, 1.807) is 11.3 Å². The third-order valence-corrected chi connectivity index (χ3v) is 8.55. The Morgan fingerprint density at radius 1 is 0.895 bits per heavy atom. The number of ether oxygens (including phenoxy) is 1. The first-order chi connectivity index (χ1) is 18.4. The lowest BCUT2D eigenvalue weighted by Crippen LogP contribution is -2.12. The van der Waals surface area contributed by atoms with Crippen LogP contribution in [0.5, 0.6) is 11.5 Å². The van der Waals surface area contributed by atoms with Crippen LogP contribution in [0.4, 0.5) is 0 Å². The Kier molecular flexibility index (Phi) is 5.10. The van der Waals surface area contributed by atoms with E-state index < -0.39 is 0 Å². The molecule has 1 aliphatic carbocycles. The van der Waals surface area contributed by atoms with Crippen molar-refractivity contribution < 1.29 is 4.74 Å².